The zero-order chi connectivity index (χ0) is 25.3. The first-order valence-corrected chi connectivity index (χ1v) is 13.0. The second-order valence-electron chi connectivity index (χ2n) is 8.75. The third-order valence-electron chi connectivity index (χ3n) is 5.85. The Morgan fingerprint density at radius 1 is 1.09 bits per heavy atom. The number of H-pyrrole nitrogens is 1. The molecule has 3 aromatic rings. The molecule has 0 amide bonds. The molecule has 4 rings (SSSR count). The fourth-order valence-corrected chi connectivity index (χ4v) is 4.66. The molecule has 5 atom stereocenters. The van der Waals surface area contributed by atoms with E-state index in [0.717, 1.165) is 23.1 Å². The second kappa shape index (κ2) is 10.1. The molecule has 0 saturated carbocycles. The molecule has 12 heteroatoms. The summed E-state index contributed by atoms with van der Waals surface area (Å²) in [5, 5.41) is 48.0. The van der Waals surface area contributed by atoms with E-state index in [9.17, 15) is 28.8 Å². The van der Waals surface area contributed by atoms with Crippen LogP contribution in [0.4, 0.5) is 5.69 Å². The number of aromatic amines is 1. The van der Waals surface area contributed by atoms with E-state index in [1.54, 1.807) is 18.2 Å². The summed E-state index contributed by atoms with van der Waals surface area (Å²) in [4.78, 5) is 0. The summed E-state index contributed by atoms with van der Waals surface area (Å²) in [6, 6.07) is 10.7. The van der Waals surface area contributed by atoms with Crippen LogP contribution >= 0.6 is 0 Å². The number of nitrogens with zero attached hydrogens (tertiary/aromatic N) is 1. The van der Waals surface area contributed by atoms with Gasteiger partial charge < -0.3 is 29.9 Å². The Labute approximate surface area is 202 Å². The molecule has 35 heavy (non-hydrogen) atoms. The maximum atomic E-state index is 11.4. The SMILES string of the molecule is Cc1cc(O[C@@H]2O[C@H](CO)[C@@H](O)[C@H](O)[C@H]2O)c2c(CCc3ccc(NS(C)(=O)=O)cc3)[nH]nc2c1. The third kappa shape index (κ3) is 5.74. The van der Waals surface area contributed by atoms with E-state index >= 15 is 0 Å². The van der Waals surface area contributed by atoms with E-state index in [4.69, 9.17) is 9.47 Å². The monoisotopic (exact) mass is 507 g/mol. The van der Waals surface area contributed by atoms with Crippen molar-refractivity contribution in [3.63, 3.8) is 0 Å². The molecule has 1 aromatic heterocycles. The minimum atomic E-state index is -3.35. The fourth-order valence-electron chi connectivity index (χ4n) is 4.10. The highest BCUT2D eigenvalue weighted by molar-refractivity contribution is 7.92. The van der Waals surface area contributed by atoms with Gasteiger partial charge in [0, 0.05) is 11.4 Å². The van der Waals surface area contributed by atoms with Gasteiger partial charge in [-0.05, 0) is 55.2 Å². The summed E-state index contributed by atoms with van der Waals surface area (Å²) in [6.07, 6.45) is -4.66. The number of anilines is 1. The third-order valence-corrected chi connectivity index (χ3v) is 6.46. The molecule has 1 aliphatic heterocycles. The van der Waals surface area contributed by atoms with E-state index < -0.39 is 47.3 Å². The van der Waals surface area contributed by atoms with E-state index in [-0.39, 0.29) is 0 Å². The van der Waals surface area contributed by atoms with Crippen molar-refractivity contribution < 1.29 is 38.3 Å². The van der Waals surface area contributed by atoms with E-state index in [0.29, 0.717) is 35.2 Å². The number of rotatable bonds is 8. The predicted octanol–water partition coefficient (Wildman–Crippen LogP) is 0.207. The second-order valence-corrected chi connectivity index (χ2v) is 10.5. The number of ether oxygens (including phenoxy) is 2. The average Bonchev–Trinajstić information content (AvgIpc) is 3.20. The Hall–Kier alpha value is -2.74. The molecule has 190 valence electrons. The fraction of sp³-hybridized carbons (Fsp3) is 0.435. The normalized spacial score (nSPS) is 25.0. The highest BCUT2D eigenvalue weighted by Crippen LogP contribution is 2.33. The Morgan fingerprint density at radius 2 is 1.80 bits per heavy atom. The molecule has 0 bridgehead atoms. The maximum absolute atomic E-state index is 11.4. The lowest BCUT2D eigenvalue weighted by Crippen LogP contribution is -2.60. The molecule has 0 spiro atoms. The van der Waals surface area contributed by atoms with Gasteiger partial charge in [0.15, 0.2) is 0 Å². The van der Waals surface area contributed by atoms with Crippen molar-refractivity contribution >= 4 is 26.6 Å². The maximum Gasteiger partial charge on any atom is 0.229 e. The molecule has 11 nitrogen and oxygen atoms in total. The van der Waals surface area contributed by atoms with Crippen LogP contribution in [0.15, 0.2) is 36.4 Å². The molecule has 2 aromatic carbocycles. The predicted molar refractivity (Wildman–Crippen MR) is 128 cm³/mol. The molecule has 0 unspecified atom stereocenters. The number of aliphatic hydroxyl groups excluding tert-OH is 4. The van der Waals surface area contributed by atoms with Crippen molar-refractivity contribution in [2.45, 2.75) is 50.5 Å². The van der Waals surface area contributed by atoms with Gasteiger partial charge in [-0.3, -0.25) is 9.82 Å². The van der Waals surface area contributed by atoms with Crippen molar-refractivity contribution in [2.75, 3.05) is 17.6 Å². The first-order valence-electron chi connectivity index (χ1n) is 11.1. The number of benzene rings is 2. The first-order chi connectivity index (χ1) is 16.6. The van der Waals surface area contributed by atoms with Crippen LogP contribution in [0.5, 0.6) is 5.75 Å². The van der Waals surface area contributed by atoms with Crippen molar-refractivity contribution in [3.05, 3.63) is 53.2 Å². The molecule has 0 aliphatic carbocycles. The summed E-state index contributed by atoms with van der Waals surface area (Å²) in [6.45, 7) is 1.31. The highest BCUT2D eigenvalue weighted by Gasteiger charge is 2.45. The summed E-state index contributed by atoms with van der Waals surface area (Å²) >= 11 is 0. The molecule has 1 aliphatic rings. The quantitative estimate of drug-likeness (QED) is 0.249. The smallest absolute Gasteiger partial charge is 0.229 e. The van der Waals surface area contributed by atoms with E-state index in [1.165, 1.54) is 0 Å². The number of aryl methyl sites for hydroxylation is 3. The van der Waals surface area contributed by atoms with Gasteiger partial charge in [-0.1, -0.05) is 12.1 Å². The van der Waals surface area contributed by atoms with Gasteiger partial charge in [0.05, 0.1) is 23.8 Å². The van der Waals surface area contributed by atoms with Crippen LogP contribution in [0, 0.1) is 6.92 Å². The van der Waals surface area contributed by atoms with Crippen LogP contribution in [0.2, 0.25) is 0 Å². The lowest BCUT2D eigenvalue weighted by molar-refractivity contribution is -0.277. The van der Waals surface area contributed by atoms with Gasteiger partial charge in [0.1, 0.15) is 30.2 Å². The van der Waals surface area contributed by atoms with Crippen LogP contribution in [-0.4, -0.2) is 82.6 Å². The highest BCUT2D eigenvalue weighted by atomic mass is 32.2. The van der Waals surface area contributed by atoms with Crippen molar-refractivity contribution in [1.29, 1.82) is 0 Å². The Balaban J connectivity index is 1.55. The first kappa shape index (κ1) is 25.4. The van der Waals surface area contributed by atoms with Gasteiger partial charge in [0.2, 0.25) is 16.3 Å². The minimum absolute atomic E-state index is 0.376. The summed E-state index contributed by atoms with van der Waals surface area (Å²) in [7, 11) is -3.35. The number of aromatic nitrogens is 2. The number of sulfonamides is 1. The lowest BCUT2D eigenvalue weighted by atomic mass is 9.99. The van der Waals surface area contributed by atoms with Gasteiger partial charge in [0.25, 0.3) is 0 Å². The molecule has 2 heterocycles. The van der Waals surface area contributed by atoms with E-state index in [2.05, 4.69) is 14.9 Å². The van der Waals surface area contributed by atoms with E-state index in [1.807, 2.05) is 25.1 Å². The minimum Gasteiger partial charge on any atom is -0.461 e. The molecular weight excluding hydrogens is 478 g/mol. The number of fused-ring (bicyclic) bond motifs is 1. The average molecular weight is 508 g/mol. The van der Waals surface area contributed by atoms with Gasteiger partial charge in [-0.15, -0.1) is 0 Å². The topological polar surface area (TPSA) is 174 Å². The van der Waals surface area contributed by atoms with Crippen molar-refractivity contribution in [1.82, 2.24) is 10.2 Å². The van der Waals surface area contributed by atoms with Crippen molar-refractivity contribution in [2.24, 2.45) is 0 Å². The Morgan fingerprint density at radius 3 is 2.46 bits per heavy atom. The number of aliphatic hydroxyl groups is 4. The van der Waals surface area contributed by atoms with Crippen LogP contribution < -0.4 is 9.46 Å². The van der Waals surface area contributed by atoms with Crippen LogP contribution in [0.1, 0.15) is 16.8 Å². The van der Waals surface area contributed by atoms with Gasteiger partial charge >= 0.3 is 0 Å². The van der Waals surface area contributed by atoms with Gasteiger partial charge in [-0.25, -0.2) is 8.42 Å². The zero-order valence-electron chi connectivity index (χ0n) is 19.2. The number of hydrogen-bond acceptors (Lipinski definition) is 9. The summed E-state index contributed by atoms with van der Waals surface area (Å²) in [5.41, 5.74) is 3.73. The van der Waals surface area contributed by atoms with Gasteiger partial charge in [-0.2, -0.15) is 5.10 Å². The van der Waals surface area contributed by atoms with Crippen molar-refractivity contribution in [3.8, 4) is 5.75 Å². The summed E-state index contributed by atoms with van der Waals surface area (Å²) < 4.78 is 36.6. The molecule has 1 fully saturated rings. The molecule has 0 radical (unpaired) electrons. The Bertz CT molecular complexity index is 1280. The number of hydrogen-bond donors (Lipinski definition) is 6. The molecule has 6 N–H and O–H groups in total. The van der Waals surface area contributed by atoms with Crippen LogP contribution in [0.25, 0.3) is 10.9 Å². The lowest BCUT2D eigenvalue weighted by Gasteiger charge is -2.39. The molecular formula is C23H29N3O8S. The summed E-state index contributed by atoms with van der Waals surface area (Å²) in [5.74, 6) is 0.376. The zero-order valence-corrected chi connectivity index (χ0v) is 20.1. The largest absolute Gasteiger partial charge is 0.461 e. The molecule has 1 saturated heterocycles. The standard InChI is InChI=1S/C23H29N3O8S/c1-12-9-16-19(17(10-12)33-23-22(30)21(29)20(28)18(11-27)34-23)15(24-25-16)8-5-13-3-6-14(7-4-13)26-35(2,31)32/h3-4,6-7,9-10,18,20-23,26-30H,5,8,11H2,1-2H3,(H,24,25)/t18-,20-,21+,22-,23-/m1/s1. The number of nitrogens with one attached hydrogen (secondary N) is 2. The van der Waals surface area contributed by atoms with Crippen LogP contribution in [0.3, 0.4) is 0 Å². The Kier molecular flexibility index (Phi) is 7.31. The van der Waals surface area contributed by atoms with Crippen LogP contribution in [-0.2, 0) is 27.6 Å².